The lowest BCUT2D eigenvalue weighted by Crippen LogP contribution is -2.65. The highest BCUT2D eigenvalue weighted by atomic mass is 35.5. The lowest BCUT2D eigenvalue weighted by atomic mass is 9.84. The Balaban J connectivity index is 0.989. The molecule has 8 aliphatic heterocycles. The Morgan fingerprint density at radius 1 is 0.691 bits per heavy atom. The van der Waals surface area contributed by atoms with Gasteiger partial charge in [-0.3, -0.25) is 38.4 Å². The molecule has 0 saturated carbocycles. The first-order valence-electron chi connectivity index (χ1n) is 45.0. The van der Waals surface area contributed by atoms with Crippen molar-refractivity contribution in [2.24, 2.45) is 29.2 Å². The van der Waals surface area contributed by atoms with E-state index in [9.17, 15) is 75.0 Å². The molecule has 38 nitrogen and oxygen atoms in total. The number of likely N-dealkylation sites (N-methyl/N-ethyl adjacent to an activating group) is 1. The first-order valence-corrected chi connectivity index (χ1v) is 46.1. The van der Waals surface area contributed by atoms with Crippen LogP contribution in [0.4, 0.5) is 0 Å². The first-order chi connectivity index (χ1) is 65.8. The maximum atomic E-state index is 16.9. The molecule has 19 N–H and O–H groups in total. The van der Waals surface area contributed by atoms with Crippen LogP contribution in [0.25, 0.3) is 22.3 Å². The summed E-state index contributed by atoms with van der Waals surface area (Å²) in [6.07, 6.45) is -25.4. The third-order valence-electron chi connectivity index (χ3n) is 25.7. The van der Waals surface area contributed by atoms with Crippen molar-refractivity contribution in [3.8, 4) is 68.2 Å². The molecule has 139 heavy (non-hydrogen) atoms. The van der Waals surface area contributed by atoms with Gasteiger partial charge >= 0.3 is 5.97 Å². The van der Waals surface area contributed by atoms with Crippen LogP contribution < -0.4 is 52.3 Å². The molecule has 0 aliphatic carbocycles. The summed E-state index contributed by atoms with van der Waals surface area (Å²) in [5.74, 6) is -21.8. The van der Waals surface area contributed by atoms with Crippen LogP contribution in [0.5, 0.6) is 46.0 Å². The quantitative estimate of drug-likeness (QED) is 0.00981. The highest BCUT2D eigenvalue weighted by Gasteiger charge is 2.54. The van der Waals surface area contributed by atoms with Gasteiger partial charge in [0.2, 0.25) is 47.5 Å². The number of aliphatic hydroxyl groups excluding tert-OH is 6. The number of phenols is 3. The fourth-order valence-electron chi connectivity index (χ4n) is 18.0. The number of ether oxygens (including phenoxy) is 9. The molecule has 41 heteroatoms. The Kier molecular flexibility index (Phi) is 33.4. The van der Waals surface area contributed by atoms with Crippen molar-refractivity contribution in [2.75, 3.05) is 20.3 Å². The van der Waals surface area contributed by atoms with Gasteiger partial charge in [0.15, 0.2) is 47.8 Å². The molecule has 15 rings (SSSR count). The highest BCUT2D eigenvalue weighted by molar-refractivity contribution is 6.32. The zero-order valence-electron chi connectivity index (χ0n) is 76.5. The van der Waals surface area contributed by atoms with Gasteiger partial charge in [0.1, 0.15) is 96.0 Å². The van der Waals surface area contributed by atoms with Crippen LogP contribution in [0, 0.1) is 17.8 Å². The number of aromatic hydroxyl groups is 3. The minimum absolute atomic E-state index is 0.0365. The zero-order chi connectivity index (χ0) is 101. The van der Waals surface area contributed by atoms with Crippen molar-refractivity contribution >= 4 is 100 Å². The maximum Gasteiger partial charge on any atom is 0.330 e. The average molecular weight is 1990 g/mol. The van der Waals surface area contributed by atoms with Gasteiger partial charge in [-0.2, -0.15) is 0 Å². The molecule has 8 heterocycles. The number of rotatable bonds is 28. The predicted molar refractivity (Wildman–Crippen MR) is 496 cm³/mol. The Labute approximate surface area is 812 Å². The van der Waals surface area contributed by atoms with E-state index in [2.05, 4.69) is 33.2 Å². The number of nitrogens with zero attached hydrogens (tertiary/aromatic N) is 1. The number of carboxylic acid groups (broad SMARTS) is 1. The summed E-state index contributed by atoms with van der Waals surface area (Å²) < 4.78 is 58.8. The molecule has 6 amide bonds. The number of hydrogen-bond donors (Lipinski definition) is 17. The number of halogens is 3. The van der Waals surface area contributed by atoms with Gasteiger partial charge in [0, 0.05) is 97.4 Å². The summed E-state index contributed by atoms with van der Waals surface area (Å²) in [5, 5.41) is 131. The predicted octanol–water partition coefficient (Wildman–Crippen LogP) is 7.42. The van der Waals surface area contributed by atoms with Crippen molar-refractivity contribution < 1.29 is 146 Å². The lowest BCUT2D eigenvalue weighted by Gasteiger charge is -2.48. The van der Waals surface area contributed by atoms with E-state index in [1.807, 2.05) is 36.4 Å². The Bertz CT molecular complexity index is 5790. The van der Waals surface area contributed by atoms with Gasteiger partial charge in [-0.1, -0.05) is 110 Å². The van der Waals surface area contributed by atoms with Gasteiger partial charge in [0.25, 0.3) is 0 Å². The number of aliphatic hydroxyl groups is 6. The molecule has 0 aromatic heterocycles. The molecule has 8 aliphatic rings. The Morgan fingerprint density at radius 2 is 1.31 bits per heavy atom. The molecule has 3 saturated heterocycles. The monoisotopic (exact) mass is 1980 g/mol. The molecular formula is C98H111Cl3N8O30. The molecule has 11 bridgehead atoms. The summed E-state index contributed by atoms with van der Waals surface area (Å²) in [4.78, 5) is 162. The number of ketones is 2. The van der Waals surface area contributed by atoms with Crippen LogP contribution in [-0.4, -0.2) is 239 Å². The lowest BCUT2D eigenvalue weighted by molar-refractivity contribution is -0.334. The Hall–Kier alpha value is -11.8. The summed E-state index contributed by atoms with van der Waals surface area (Å²) in [7, 11) is 1.32. The summed E-state index contributed by atoms with van der Waals surface area (Å²) in [5.41, 5.74) is 9.75. The number of phenolic OH excluding ortho intramolecular Hbond substituents is 3. The normalized spacial score (nSPS) is 27.9. The van der Waals surface area contributed by atoms with E-state index in [4.69, 9.17) is 88.9 Å². The topological polar surface area (TPSA) is 589 Å². The van der Waals surface area contributed by atoms with Crippen LogP contribution in [0.1, 0.15) is 163 Å². The molecule has 0 spiro atoms. The molecular weight excluding hydrogens is 1880 g/mol. The minimum atomic E-state index is -2.33. The summed E-state index contributed by atoms with van der Waals surface area (Å²) in [6, 6.07) is 18.6. The first kappa shape index (κ1) is 105. The number of carbonyl (C=O) groups excluding carboxylic acids is 10. The number of fused-ring (bicyclic) bond motifs is 15. The molecule has 7 aromatic rings. The average Bonchev–Trinajstić information content (AvgIpc) is 0.761. The molecule has 7 aromatic carbocycles. The number of carbonyl (C=O) groups is 11. The van der Waals surface area contributed by atoms with Crippen molar-refractivity contribution in [3.05, 3.63) is 188 Å². The smallest absolute Gasteiger partial charge is 0.330 e. The van der Waals surface area contributed by atoms with Crippen LogP contribution in [0.15, 0.2) is 140 Å². The SMILES string of the molecule is C=C(CC(C=O)C=O)OCCCC(=O)N(C)C(CC(C)C)C(=O)NC1C(=O)CC(CC(N)=O)C(=O)NC2C(=O)CC3C(=O)N[C@@H](C(=O)NC(C(=O)O)c4cc(O)cc(O)c4-c4cc3ccc4O)[C@@H](O[C@@H]3CC(C)(N)C(O)C(C)O3)c3ccc(c(Cl)c3)Oc3cc2cc(c3OC2OC(CO)C(O)C(O)C2OC2CC(C)(NCc3ccc(-c4ccc(Cl)cc4)cc3)C(O)C(C)O2)Oc2ccc(cc2Cl)C1O. The van der Waals surface area contributed by atoms with E-state index in [1.165, 1.54) is 51.2 Å². The van der Waals surface area contributed by atoms with Crippen LogP contribution in [-0.2, 0) is 87.7 Å². The third kappa shape index (κ3) is 24.1. The third-order valence-corrected chi connectivity index (χ3v) is 26.5. The van der Waals surface area contributed by atoms with E-state index < -0.39 is 296 Å². The van der Waals surface area contributed by atoms with E-state index in [1.54, 1.807) is 39.8 Å². The van der Waals surface area contributed by atoms with E-state index >= 15 is 28.8 Å². The van der Waals surface area contributed by atoms with Gasteiger partial charge in [-0.05, 0) is 152 Å². The van der Waals surface area contributed by atoms with E-state index in [-0.39, 0.29) is 80.0 Å². The maximum absolute atomic E-state index is 16.9. The molecule has 3 fully saturated rings. The second-order valence-corrected chi connectivity index (χ2v) is 37.9. The van der Waals surface area contributed by atoms with Gasteiger partial charge in [0.05, 0.1) is 71.2 Å². The second kappa shape index (κ2) is 44.3. The van der Waals surface area contributed by atoms with Gasteiger partial charge in [-0.15, -0.1) is 0 Å². The largest absolute Gasteiger partial charge is 0.508 e. The highest BCUT2D eigenvalue weighted by Crippen LogP contribution is 2.52. The van der Waals surface area contributed by atoms with Crippen LogP contribution >= 0.6 is 34.8 Å². The number of allylic oxidation sites excluding steroid dienone is 1. The number of amides is 6. The van der Waals surface area contributed by atoms with Crippen LogP contribution in [0.3, 0.4) is 0 Å². The summed E-state index contributed by atoms with van der Waals surface area (Å²) in [6.45, 7) is 12.4. The molecule has 0 radical (unpaired) electrons. The van der Waals surface area contributed by atoms with Crippen molar-refractivity contribution in [2.45, 2.75) is 233 Å². The van der Waals surface area contributed by atoms with Gasteiger partial charge in [-0.25, -0.2) is 4.79 Å². The van der Waals surface area contributed by atoms with Crippen LogP contribution in [0.2, 0.25) is 15.1 Å². The standard InChI is InChI=1S/C98H111Cl3N8O30/c1-44(2)26-64(109(8)75(119)10-9-25-131-45(3)27-49(41-110)42-111)93(127)107-81-67(116)31-56(34-74(102)118)91(125)105-79-55-32-71(134-69-23-18-53(83(81)120)29-62(69)100)87(139-96-88(85(122)84(121)73(43-112)136-96)138-77-39-98(7,90(124)47(5)133-77)104-40-48-11-13-50(14-12-48)51-15-20-57(99)21-16-51)72(33-55)135-70-24-19-54(30-63(70)101)86(137-76-38-97(6,103)89(123)46(4)132-76)82-94(128)106-80(95(129)130)61-35-58(113)36-66(115)78(61)60-28-52(17-22-65(60)114)59(37-68(79)117)92(126)108-82/h11-24,28-30,32-33,35-36,41-42,44,46-47,49,56,59,64,73,76-77,79-86,88-90,96,104,112-115,120-124H,3,9-10,25-27,31,34,37-40,43,103H2,1-2,4-8H3,(H2,102,118)(H,105,125)(H,106,128)(H,107,127)(H,108,126)(H,129,130)/t46?,47?,56?,59?,64?,73?,76-,77?,79?,80?,81?,82-,83?,84?,85?,86+,88?,89?,90?,96?,97?,98?/m1/s1. The van der Waals surface area contributed by atoms with Crippen molar-refractivity contribution in [1.82, 2.24) is 31.5 Å². The minimum Gasteiger partial charge on any atom is -0.508 e. The van der Waals surface area contributed by atoms with E-state index in [0.29, 0.717) is 17.6 Å². The Morgan fingerprint density at radius 3 is 1.92 bits per heavy atom. The fraction of sp³-hybridized carbons (Fsp3) is 0.439. The van der Waals surface area contributed by atoms with E-state index in [0.717, 1.165) is 70.1 Å². The number of Topliss-reactive ketones (excluding diaryl/α,β-unsaturated/α-hetero) is 2. The number of aliphatic carboxylic acids is 1. The number of primary amides is 1. The second-order valence-electron chi connectivity index (χ2n) is 36.6. The summed E-state index contributed by atoms with van der Waals surface area (Å²) >= 11 is 21.0. The van der Waals surface area contributed by atoms with Crippen molar-refractivity contribution in [1.29, 1.82) is 0 Å². The van der Waals surface area contributed by atoms with Gasteiger partial charge < -0.3 is 146 Å². The fourth-order valence-corrected chi connectivity index (χ4v) is 18.6. The molecule has 22 atom stereocenters. The number of nitrogens with one attached hydrogen (secondary N) is 5. The zero-order valence-corrected chi connectivity index (χ0v) is 78.8. The number of hydrogen-bond acceptors (Lipinski definition) is 31. The van der Waals surface area contributed by atoms with Crippen molar-refractivity contribution in [3.63, 3.8) is 0 Å². The molecule has 744 valence electrons. The number of benzene rings is 7. The number of aldehydes is 2. The number of carboxylic acids is 1. The number of nitrogens with two attached hydrogens (primary N) is 2. The molecule has 19 unspecified atom stereocenters.